The van der Waals surface area contributed by atoms with Gasteiger partial charge in [0.25, 0.3) is 5.91 Å². The predicted octanol–water partition coefficient (Wildman–Crippen LogP) is 2.07. The zero-order chi connectivity index (χ0) is 20.3. The van der Waals surface area contributed by atoms with Crippen molar-refractivity contribution in [1.82, 2.24) is 10.1 Å². The van der Waals surface area contributed by atoms with Crippen LogP contribution < -0.4 is 16.0 Å². The molecular weight excluding hydrogens is 427 g/mol. The number of nitrogen functional groups attached to an aromatic ring is 1. The minimum Gasteiger partial charge on any atom is -0.390 e. The molecule has 2 aromatic carbocycles. The van der Waals surface area contributed by atoms with E-state index in [2.05, 4.69) is 9.88 Å². The third-order valence-electron chi connectivity index (χ3n) is 4.03. The summed E-state index contributed by atoms with van der Waals surface area (Å²) in [5, 5.41) is 4.91. The maximum atomic E-state index is 12.6. The van der Waals surface area contributed by atoms with Gasteiger partial charge in [-0.05, 0) is 24.3 Å². The van der Waals surface area contributed by atoms with Gasteiger partial charge in [-0.2, -0.15) is 0 Å². The van der Waals surface area contributed by atoms with E-state index in [9.17, 15) is 13.2 Å². The molecule has 1 unspecified atom stereocenters. The maximum absolute atomic E-state index is 12.6. The van der Waals surface area contributed by atoms with E-state index in [4.69, 9.17) is 33.9 Å². The number of halogens is 2. The Hall–Kier alpha value is -2.17. The highest BCUT2D eigenvalue weighted by molar-refractivity contribution is 7.89. The van der Waals surface area contributed by atoms with E-state index < -0.39 is 22.0 Å². The van der Waals surface area contributed by atoms with Crippen LogP contribution in [0.2, 0.25) is 10.0 Å². The normalized spacial score (nSPS) is 16.4. The average molecular weight is 443 g/mol. The second-order valence-corrected chi connectivity index (χ2v) is 8.49. The number of nitrogens with zero attached hydrogens (tertiary/aromatic N) is 1. The maximum Gasteiger partial charge on any atom is 0.266 e. The quantitative estimate of drug-likeness (QED) is 0.358. The molecule has 1 heterocycles. The van der Waals surface area contributed by atoms with Gasteiger partial charge in [-0.3, -0.25) is 10.2 Å². The number of hydrogen-bond donors (Lipinski definition) is 3. The van der Waals surface area contributed by atoms with Crippen molar-refractivity contribution in [2.75, 3.05) is 6.54 Å². The summed E-state index contributed by atoms with van der Waals surface area (Å²) < 4.78 is 27.7. The van der Waals surface area contributed by atoms with Crippen LogP contribution in [-0.4, -0.2) is 32.7 Å². The van der Waals surface area contributed by atoms with Gasteiger partial charge in [0.15, 0.2) is 0 Å². The SMILES string of the molecule is NNC(=O)c1ccccc1S(=O)(=O)NCC1CC(c2ccc(Cl)cc2Cl)=NO1. The molecule has 0 saturated carbocycles. The fourth-order valence-corrected chi connectivity index (χ4v) is 4.45. The molecule has 8 nitrogen and oxygen atoms in total. The molecule has 0 spiro atoms. The van der Waals surface area contributed by atoms with Gasteiger partial charge in [0.1, 0.15) is 6.10 Å². The number of carbonyl (C=O) groups excluding carboxylic acids is 1. The smallest absolute Gasteiger partial charge is 0.266 e. The Labute approximate surface area is 171 Å². The summed E-state index contributed by atoms with van der Waals surface area (Å²) in [6, 6.07) is 10.7. The van der Waals surface area contributed by atoms with Crippen molar-refractivity contribution in [2.45, 2.75) is 17.4 Å². The van der Waals surface area contributed by atoms with Crippen LogP contribution in [0.15, 0.2) is 52.5 Å². The minimum absolute atomic E-state index is 0.0425. The van der Waals surface area contributed by atoms with Gasteiger partial charge >= 0.3 is 0 Å². The molecule has 1 aliphatic heterocycles. The Morgan fingerprint density at radius 2 is 2.00 bits per heavy atom. The highest BCUT2D eigenvalue weighted by Gasteiger charge is 2.27. The van der Waals surface area contributed by atoms with E-state index in [1.807, 2.05) is 5.43 Å². The lowest BCUT2D eigenvalue weighted by atomic mass is 10.1. The second kappa shape index (κ2) is 8.46. The first kappa shape index (κ1) is 20.6. The molecule has 148 valence electrons. The Bertz CT molecular complexity index is 1040. The van der Waals surface area contributed by atoms with E-state index in [-0.39, 0.29) is 17.0 Å². The molecule has 0 aliphatic carbocycles. The summed E-state index contributed by atoms with van der Waals surface area (Å²) in [6.07, 6.45) is -0.165. The number of oxime groups is 1. The molecule has 4 N–H and O–H groups in total. The summed E-state index contributed by atoms with van der Waals surface area (Å²) in [5.74, 6) is 4.41. The minimum atomic E-state index is -3.97. The van der Waals surface area contributed by atoms with E-state index >= 15 is 0 Å². The van der Waals surface area contributed by atoms with Crippen molar-refractivity contribution in [1.29, 1.82) is 0 Å². The van der Waals surface area contributed by atoms with Gasteiger partial charge in [0, 0.05) is 17.0 Å². The largest absolute Gasteiger partial charge is 0.390 e. The Morgan fingerprint density at radius 1 is 1.25 bits per heavy atom. The molecule has 0 radical (unpaired) electrons. The monoisotopic (exact) mass is 442 g/mol. The predicted molar refractivity (Wildman–Crippen MR) is 106 cm³/mol. The molecular formula is C17H16Cl2N4O4S. The first-order chi connectivity index (χ1) is 13.3. The summed E-state index contributed by atoms with van der Waals surface area (Å²) in [6.45, 7) is -0.0425. The number of hydrogen-bond acceptors (Lipinski definition) is 6. The van der Waals surface area contributed by atoms with E-state index in [0.29, 0.717) is 27.7 Å². The van der Waals surface area contributed by atoms with Crippen molar-refractivity contribution >= 4 is 44.8 Å². The molecule has 0 aromatic heterocycles. The lowest BCUT2D eigenvalue weighted by Crippen LogP contribution is -2.35. The number of hydrazine groups is 1. The number of rotatable bonds is 6. The van der Waals surface area contributed by atoms with Crippen LogP contribution in [0, 0.1) is 0 Å². The van der Waals surface area contributed by atoms with Crippen molar-refractivity contribution in [3.63, 3.8) is 0 Å². The van der Waals surface area contributed by atoms with Crippen LogP contribution in [0.25, 0.3) is 0 Å². The van der Waals surface area contributed by atoms with Gasteiger partial charge in [0.2, 0.25) is 10.0 Å². The van der Waals surface area contributed by atoms with Crippen molar-refractivity contribution < 1.29 is 18.0 Å². The molecule has 2 aromatic rings. The van der Waals surface area contributed by atoms with Crippen molar-refractivity contribution in [3.8, 4) is 0 Å². The molecule has 1 atom stereocenters. The van der Waals surface area contributed by atoms with Gasteiger partial charge in [-0.1, -0.05) is 46.6 Å². The van der Waals surface area contributed by atoms with Crippen LogP contribution in [0.4, 0.5) is 0 Å². The van der Waals surface area contributed by atoms with Crippen LogP contribution >= 0.6 is 23.2 Å². The third kappa shape index (κ3) is 4.45. The lowest BCUT2D eigenvalue weighted by molar-refractivity contribution is 0.0891. The van der Waals surface area contributed by atoms with E-state index in [0.717, 1.165) is 0 Å². The number of amides is 1. The second-order valence-electron chi connectivity index (χ2n) is 5.92. The molecule has 1 aliphatic rings. The molecule has 11 heteroatoms. The summed E-state index contributed by atoms with van der Waals surface area (Å²) in [7, 11) is -3.97. The molecule has 0 saturated heterocycles. The first-order valence-corrected chi connectivity index (χ1v) is 10.3. The van der Waals surface area contributed by atoms with E-state index in [1.165, 1.54) is 18.2 Å². The Morgan fingerprint density at radius 3 is 2.71 bits per heavy atom. The third-order valence-corrected chi connectivity index (χ3v) is 6.06. The highest BCUT2D eigenvalue weighted by atomic mass is 35.5. The molecule has 28 heavy (non-hydrogen) atoms. The summed E-state index contributed by atoms with van der Waals surface area (Å²) >= 11 is 12.1. The number of benzene rings is 2. The highest BCUT2D eigenvalue weighted by Crippen LogP contribution is 2.26. The molecule has 0 fully saturated rings. The van der Waals surface area contributed by atoms with Crippen LogP contribution in [-0.2, 0) is 14.9 Å². The lowest BCUT2D eigenvalue weighted by Gasteiger charge is -2.13. The van der Waals surface area contributed by atoms with Gasteiger partial charge in [-0.15, -0.1) is 0 Å². The zero-order valence-corrected chi connectivity index (χ0v) is 16.7. The number of nitrogens with one attached hydrogen (secondary N) is 2. The standard InChI is InChI=1S/C17H16Cl2N4O4S/c18-10-5-6-12(14(19)7-10)15-8-11(27-23-15)9-21-28(25,26)16-4-2-1-3-13(16)17(24)22-20/h1-7,11,21H,8-9,20H2,(H,22,24). The van der Waals surface area contributed by atoms with Gasteiger partial charge in [0.05, 0.1) is 27.7 Å². The fourth-order valence-electron chi connectivity index (χ4n) is 2.67. The fraction of sp³-hybridized carbons (Fsp3) is 0.176. The molecule has 0 bridgehead atoms. The van der Waals surface area contributed by atoms with E-state index in [1.54, 1.807) is 24.3 Å². The van der Waals surface area contributed by atoms with Crippen LogP contribution in [0.1, 0.15) is 22.3 Å². The average Bonchev–Trinajstić information content (AvgIpc) is 3.14. The zero-order valence-electron chi connectivity index (χ0n) is 14.4. The number of nitrogens with two attached hydrogens (primary N) is 1. The van der Waals surface area contributed by atoms with Crippen LogP contribution in [0.5, 0.6) is 0 Å². The Balaban J connectivity index is 1.68. The first-order valence-electron chi connectivity index (χ1n) is 8.09. The Kier molecular flexibility index (Phi) is 6.21. The summed E-state index contributed by atoms with van der Waals surface area (Å²) in [4.78, 5) is 16.9. The van der Waals surface area contributed by atoms with Crippen molar-refractivity contribution in [2.24, 2.45) is 11.0 Å². The van der Waals surface area contributed by atoms with Gasteiger partial charge < -0.3 is 4.84 Å². The molecule has 3 rings (SSSR count). The summed E-state index contributed by atoms with van der Waals surface area (Å²) in [5.41, 5.74) is 3.13. The number of sulfonamides is 1. The topological polar surface area (TPSA) is 123 Å². The van der Waals surface area contributed by atoms with Crippen LogP contribution in [0.3, 0.4) is 0 Å². The van der Waals surface area contributed by atoms with Gasteiger partial charge in [-0.25, -0.2) is 19.0 Å². The number of carbonyl (C=O) groups is 1. The molecule has 1 amide bonds. The van der Waals surface area contributed by atoms with Crippen molar-refractivity contribution in [3.05, 3.63) is 63.6 Å².